The predicted molar refractivity (Wildman–Crippen MR) is 87.6 cm³/mol. The van der Waals surface area contributed by atoms with Gasteiger partial charge in [0.05, 0.1) is 0 Å². The first-order valence-corrected chi connectivity index (χ1v) is 9.49. The van der Waals surface area contributed by atoms with Crippen molar-refractivity contribution in [3.8, 4) is 0 Å². The Hall–Kier alpha value is -0.670. The number of benzene rings is 1. The van der Waals surface area contributed by atoms with E-state index in [-0.39, 0.29) is 0 Å². The summed E-state index contributed by atoms with van der Waals surface area (Å²) in [6.45, 7) is 2.22. The van der Waals surface area contributed by atoms with E-state index in [2.05, 4.69) is 42.6 Å². The maximum atomic E-state index is 11.1. The zero-order valence-electron chi connectivity index (χ0n) is 12.7. The Balaban J connectivity index is 1.73. The van der Waals surface area contributed by atoms with Crippen LogP contribution in [0.25, 0.3) is 0 Å². The van der Waals surface area contributed by atoms with E-state index in [9.17, 15) is 4.21 Å². The fraction of sp³-hybridized carbons (Fsp3) is 0.647. The van der Waals surface area contributed by atoms with E-state index < -0.39 is 10.8 Å². The van der Waals surface area contributed by atoms with Gasteiger partial charge in [-0.15, -0.1) is 0 Å². The molecule has 1 aromatic carbocycles. The normalized spacial score (nSPS) is 26.1. The van der Waals surface area contributed by atoms with Crippen LogP contribution in [0.5, 0.6) is 0 Å². The highest BCUT2D eigenvalue weighted by Gasteiger charge is 2.22. The molecule has 0 radical (unpaired) electrons. The van der Waals surface area contributed by atoms with Gasteiger partial charge in [0, 0.05) is 34.9 Å². The molecule has 0 aliphatic heterocycles. The lowest BCUT2D eigenvalue weighted by molar-refractivity contribution is 0.317. The number of hydrogen-bond acceptors (Lipinski definition) is 2. The van der Waals surface area contributed by atoms with Crippen molar-refractivity contribution in [1.29, 1.82) is 0 Å². The summed E-state index contributed by atoms with van der Waals surface area (Å²) in [6.07, 6.45) is 7.90. The second-order valence-electron chi connectivity index (χ2n) is 6.09. The molecule has 1 aromatic rings. The van der Waals surface area contributed by atoms with Crippen LogP contribution >= 0.6 is 0 Å². The van der Waals surface area contributed by atoms with E-state index in [1.54, 1.807) is 6.26 Å². The Morgan fingerprint density at radius 1 is 1.20 bits per heavy atom. The molecule has 1 saturated carbocycles. The molecule has 0 amide bonds. The van der Waals surface area contributed by atoms with Crippen LogP contribution in [0.2, 0.25) is 0 Å². The number of rotatable bonds is 6. The monoisotopic (exact) mass is 293 g/mol. The summed E-state index contributed by atoms with van der Waals surface area (Å²) < 4.78 is 11.1. The van der Waals surface area contributed by atoms with Gasteiger partial charge in [-0.1, -0.05) is 30.3 Å². The molecular weight excluding hydrogens is 266 g/mol. The predicted octanol–water partition coefficient (Wildman–Crippen LogP) is 3.46. The van der Waals surface area contributed by atoms with Crippen LogP contribution < -0.4 is 5.32 Å². The van der Waals surface area contributed by atoms with E-state index in [0.717, 1.165) is 18.1 Å². The van der Waals surface area contributed by atoms with Gasteiger partial charge in [-0.05, 0) is 50.5 Å². The molecule has 2 rings (SSSR count). The molecule has 20 heavy (non-hydrogen) atoms. The van der Waals surface area contributed by atoms with Crippen LogP contribution in [0, 0.1) is 0 Å². The molecule has 1 fully saturated rings. The molecule has 2 unspecified atom stereocenters. The molecule has 0 heterocycles. The molecule has 1 aliphatic rings. The minimum absolute atomic E-state index is 0.483. The average Bonchev–Trinajstić information content (AvgIpc) is 2.47. The molecule has 112 valence electrons. The van der Waals surface area contributed by atoms with Crippen molar-refractivity contribution in [2.75, 3.05) is 12.0 Å². The first-order chi connectivity index (χ1) is 9.65. The molecule has 0 aromatic heterocycles. The van der Waals surface area contributed by atoms with Crippen LogP contribution in [0.4, 0.5) is 0 Å². The topological polar surface area (TPSA) is 29.1 Å². The van der Waals surface area contributed by atoms with Crippen molar-refractivity contribution in [1.82, 2.24) is 5.32 Å². The fourth-order valence-corrected chi connectivity index (χ4v) is 3.83. The lowest BCUT2D eigenvalue weighted by atomic mass is 9.81. The SMILES string of the molecule is CC(CCS(C)=O)NC1CCC(c2ccccc2)CC1. The van der Waals surface area contributed by atoms with E-state index in [1.807, 2.05) is 0 Å². The molecule has 1 aliphatic carbocycles. The Morgan fingerprint density at radius 2 is 1.85 bits per heavy atom. The largest absolute Gasteiger partial charge is 0.311 e. The third-order valence-corrected chi connectivity index (χ3v) is 5.17. The van der Waals surface area contributed by atoms with Crippen molar-refractivity contribution in [3.05, 3.63) is 35.9 Å². The van der Waals surface area contributed by atoms with Crippen molar-refractivity contribution < 1.29 is 4.21 Å². The minimum Gasteiger partial charge on any atom is -0.311 e. The Morgan fingerprint density at radius 3 is 2.45 bits per heavy atom. The molecule has 0 spiro atoms. The molecule has 0 bridgehead atoms. The molecule has 0 saturated heterocycles. The highest BCUT2D eigenvalue weighted by atomic mass is 32.2. The Labute approximate surface area is 125 Å². The van der Waals surface area contributed by atoms with Crippen molar-refractivity contribution in [3.63, 3.8) is 0 Å². The quantitative estimate of drug-likeness (QED) is 0.870. The summed E-state index contributed by atoms with van der Waals surface area (Å²) in [5, 5.41) is 3.71. The first kappa shape index (κ1) is 15.7. The lowest BCUT2D eigenvalue weighted by Crippen LogP contribution is -2.39. The fourth-order valence-electron chi connectivity index (χ4n) is 3.15. The van der Waals surface area contributed by atoms with E-state index >= 15 is 0 Å². The standard InChI is InChI=1S/C17H27NOS/c1-14(12-13-20(2)19)18-17-10-8-16(9-11-17)15-6-4-3-5-7-15/h3-7,14,16-18H,8-13H2,1-2H3. The van der Waals surface area contributed by atoms with E-state index in [1.165, 1.54) is 31.2 Å². The smallest absolute Gasteiger partial charge is 0.0246 e. The first-order valence-electron chi connectivity index (χ1n) is 7.76. The van der Waals surface area contributed by atoms with Gasteiger partial charge < -0.3 is 5.32 Å². The molecular formula is C17H27NOS. The summed E-state index contributed by atoms with van der Waals surface area (Å²) in [6, 6.07) is 12.0. The minimum atomic E-state index is -0.663. The van der Waals surface area contributed by atoms with Crippen molar-refractivity contribution >= 4 is 10.8 Å². The highest BCUT2D eigenvalue weighted by Crippen LogP contribution is 2.32. The van der Waals surface area contributed by atoms with Gasteiger partial charge in [-0.25, -0.2) is 0 Å². The van der Waals surface area contributed by atoms with Crippen molar-refractivity contribution in [2.45, 2.75) is 57.0 Å². The number of hydrogen-bond donors (Lipinski definition) is 1. The van der Waals surface area contributed by atoms with E-state index in [4.69, 9.17) is 0 Å². The molecule has 2 nitrogen and oxygen atoms in total. The zero-order chi connectivity index (χ0) is 14.4. The average molecular weight is 293 g/mol. The molecule has 3 heteroatoms. The second kappa shape index (κ2) is 7.94. The van der Waals surface area contributed by atoms with Crippen LogP contribution in [0.15, 0.2) is 30.3 Å². The lowest BCUT2D eigenvalue weighted by Gasteiger charge is -2.31. The van der Waals surface area contributed by atoms with Crippen molar-refractivity contribution in [2.24, 2.45) is 0 Å². The van der Waals surface area contributed by atoms with Gasteiger partial charge in [0.1, 0.15) is 0 Å². The second-order valence-corrected chi connectivity index (χ2v) is 7.65. The van der Waals surface area contributed by atoms with Crippen LogP contribution in [0.1, 0.15) is 50.5 Å². The van der Waals surface area contributed by atoms with Gasteiger partial charge in [0.25, 0.3) is 0 Å². The highest BCUT2D eigenvalue weighted by molar-refractivity contribution is 7.84. The third-order valence-electron chi connectivity index (χ3n) is 4.36. The summed E-state index contributed by atoms with van der Waals surface area (Å²) in [7, 11) is -0.663. The van der Waals surface area contributed by atoms with Gasteiger partial charge in [0.15, 0.2) is 0 Å². The number of nitrogens with one attached hydrogen (secondary N) is 1. The maximum Gasteiger partial charge on any atom is 0.0246 e. The zero-order valence-corrected chi connectivity index (χ0v) is 13.5. The third kappa shape index (κ3) is 5.02. The van der Waals surface area contributed by atoms with E-state index in [0.29, 0.717) is 12.1 Å². The summed E-state index contributed by atoms with van der Waals surface area (Å²) in [5.74, 6) is 1.56. The van der Waals surface area contributed by atoms with Crippen LogP contribution in [-0.4, -0.2) is 28.3 Å². The van der Waals surface area contributed by atoms with Crippen LogP contribution in [-0.2, 0) is 10.8 Å². The Kier molecular flexibility index (Phi) is 6.24. The van der Waals surface area contributed by atoms with Gasteiger partial charge in [-0.3, -0.25) is 4.21 Å². The van der Waals surface area contributed by atoms with Crippen LogP contribution in [0.3, 0.4) is 0 Å². The molecule has 2 atom stereocenters. The molecule has 1 N–H and O–H groups in total. The summed E-state index contributed by atoms with van der Waals surface area (Å²) in [4.78, 5) is 0. The summed E-state index contributed by atoms with van der Waals surface area (Å²) >= 11 is 0. The summed E-state index contributed by atoms with van der Waals surface area (Å²) in [5.41, 5.74) is 1.50. The van der Waals surface area contributed by atoms with Gasteiger partial charge in [0.2, 0.25) is 0 Å². The van der Waals surface area contributed by atoms with Gasteiger partial charge >= 0.3 is 0 Å². The van der Waals surface area contributed by atoms with Gasteiger partial charge in [-0.2, -0.15) is 0 Å². The Bertz CT molecular complexity index is 412. The maximum absolute atomic E-state index is 11.1.